The van der Waals surface area contributed by atoms with E-state index in [0.29, 0.717) is 23.6 Å². The number of ether oxygens (including phenoxy) is 2. The van der Waals surface area contributed by atoms with Gasteiger partial charge in [-0.05, 0) is 63.6 Å². The Hall–Kier alpha value is -3.55. The molecule has 0 aliphatic carbocycles. The van der Waals surface area contributed by atoms with E-state index in [2.05, 4.69) is 16.0 Å². The topological polar surface area (TPSA) is 106 Å². The lowest BCUT2D eigenvalue weighted by Crippen LogP contribution is -2.34. The molecule has 0 spiro atoms. The molecule has 0 bridgehead atoms. The highest BCUT2D eigenvalue weighted by molar-refractivity contribution is 5.95. The van der Waals surface area contributed by atoms with E-state index in [4.69, 9.17) is 9.47 Å². The molecule has 2 aromatic carbocycles. The van der Waals surface area contributed by atoms with Gasteiger partial charge in [-0.3, -0.25) is 9.59 Å². The van der Waals surface area contributed by atoms with Crippen LogP contribution in [0.1, 0.15) is 50.0 Å². The van der Waals surface area contributed by atoms with Gasteiger partial charge in [0.25, 0.3) is 5.91 Å². The average molecular weight is 442 g/mol. The van der Waals surface area contributed by atoms with Gasteiger partial charge in [-0.1, -0.05) is 18.2 Å². The third-order valence-corrected chi connectivity index (χ3v) is 4.18. The normalized spacial score (nSPS) is 10.8. The number of rotatable bonds is 9. The first kappa shape index (κ1) is 24.7. The van der Waals surface area contributed by atoms with Gasteiger partial charge in [0.15, 0.2) is 0 Å². The summed E-state index contributed by atoms with van der Waals surface area (Å²) >= 11 is 0. The van der Waals surface area contributed by atoms with E-state index in [1.165, 1.54) is 0 Å². The van der Waals surface area contributed by atoms with Crippen molar-refractivity contribution < 1.29 is 23.9 Å². The summed E-state index contributed by atoms with van der Waals surface area (Å²) in [5, 5.41) is 8.23. The van der Waals surface area contributed by atoms with Gasteiger partial charge in [-0.15, -0.1) is 0 Å². The van der Waals surface area contributed by atoms with Gasteiger partial charge in [-0.25, -0.2) is 4.79 Å². The second kappa shape index (κ2) is 11.7. The Morgan fingerprint density at radius 3 is 2.28 bits per heavy atom. The molecule has 0 unspecified atom stereocenters. The molecule has 0 aliphatic heterocycles. The third-order valence-electron chi connectivity index (χ3n) is 4.18. The molecule has 2 rings (SSSR count). The first-order valence-corrected chi connectivity index (χ1v) is 10.5. The molecule has 0 atom stereocenters. The molecule has 0 aliphatic rings. The van der Waals surface area contributed by atoms with Crippen LogP contribution in [0.25, 0.3) is 0 Å². The van der Waals surface area contributed by atoms with Gasteiger partial charge in [0.05, 0.1) is 6.61 Å². The van der Waals surface area contributed by atoms with Gasteiger partial charge < -0.3 is 25.4 Å². The van der Waals surface area contributed by atoms with E-state index in [1.54, 1.807) is 57.2 Å². The smallest absolute Gasteiger partial charge is 0.407 e. The van der Waals surface area contributed by atoms with Crippen LogP contribution < -0.4 is 20.7 Å². The van der Waals surface area contributed by atoms with Crippen LogP contribution in [0.15, 0.2) is 48.5 Å². The third kappa shape index (κ3) is 8.67. The Balaban J connectivity index is 1.85. The van der Waals surface area contributed by atoms with Crippen molar-refractivity contribution in [3.63, 3.8) is 0 Å². The number of benzene rings is 2. The van der Waals surface area contributed by atoms with Crippen molar-refractivity contribution in [1.29, 1.82) is 0 Å². The van der Waals surface area contributed by atoms with Crippen LogP contribution in [0.5, 0.6) is 5.75 Å². The first-order chi connectivity index (χ1) is 15.2. The minimum absolute atomic E-state index is 0.0894. The van der Waals surface area contributed by atoms with E-state index >= 15 is 0 Å². The SMILES string of the molecule is CCOc1ccc(C(=O)NCc2ccccc2NC(=O)CCNC(=O)OC(C)(C)C)cc1. The van der Waals surface area contributed by atoms with E-state index in [0.717, 1.165) is 5.56 Å². The highest BCUT2D eigenvalue weighted by Gasteiger charge is 2.16. The molecule has 32 heavy (non-hydrogen) atoms. The number of amides is 3. The summed E-state index contributed by atoms with van der Waals surface area (Å²) in [7, 11) is 0. The van der Waals surface area contributed by atoms with Crippen LogP contribution in [0.4, 0.5) is 10.5 Å². The average Bonchev–Trinajstić information content (AvgIpc) is 2.72. The second-order valence-corrected chi connectivity index (χ2v) is 8.02. The molecule has 0 fully saturated rings. The molecule has 8 nitrogen and oxygen atoms in total. The standard InChI is InChI=1S/C24H31N3O5/c1-5-31-19-12-10-17(11-13-19)22(29)26-16-18-8-6-7-9-20(18)27-21(28)14-15-25-23(30)32-24(2,3)4/h6-13H,5,14-16H2,1-4H3,(H,25,30)(H,26,29)(H,27,28). The molecule has 0 saturated heterocycles. The van der Waals surface area contributed by atoms with Crippen LogP contribution in [0.3, 0.4) is 0 Å². The maximum Gasteiger partial charge on any atom is 0.407 e. The molecule has 172 valence electrons. The van der Waals surface area contributed by atoms with Crippen molar-refractivity contribution in [2.45, 2.75) is 46.3 Å². The fourth-order valence-electron chi connectivity index (χ4n) is 2.75. The molecule has 8 heteroatoms. The minimum Gasteiger partial charge on any atom is -0.494 e. The van der Waals surface area contributed by atoms with Crippen molar-refractivity contribution in [2.24, 2.45) is 0 Å². The Labute approximate surface area is 188 Å². The summed E-state index contributed by atoms with van der Waals surface area (Å²) in [6.45, 7) is 8.16. The first-order valence-electron chi connectivity index (χ1n) is 10.5. The van der Waals surface area contributed by atoms with Gasteiger partial charge in [0, 0.05) is 30.8 Å². The van der Waals surface area contributed by atoms with Crippen LogP contribution >= 0.6 is 0 Å². The fraction of sp³-hybridized carbons (Fsp3) is 0.375. The molecule has 0 radical (unpaired) electrons. The number of alkyl carbamates (subject to hydrolysis) is 1. The van der Waals surface area contributed by atoms with Crippen LogP contribution in [0, 0.1) is 0 Å². The quantitative estimate of drug-likeness (QED) is 0.548. The monoisotopic (exact) mass is 441 g/mol. The maximum atomic E-state index is 12.4. The molecular weight excluding hydrogens is 410 g/mol. The van der Waals surface area contributed by atoms with Gasteiger partial charge in [-0.2, -0.15) is 0 Å². The summed E-state index contributed by atoms with van der Waals surface area (Å²) in [6.07, 6.45) is -0.478. The van der Waals surface area contributed by atoms with Crippen LogP contribution in [-0.4, -0.2) is 36.7 Å². The van der Waals surface area contributed by atoms with Gasteiger partial charge in [0.1, 0.15) is 11.4 Å². The Bertz CT molecular complexity index is 920. The maximum absolute atomic E-state index is 12.4. The van der Waals surface area contributed by atoms with Crippen molar-refractivity contribution in [3.05, 3.63) is 59.7 Å². The van der Waals surface area contributed by atoms with Crippen LogP contribution in [0.2, 0.25) is 0 Å². The van der Waals surface area contributed by atoms with E-state index < -0.39 is 11.7 Å². The largest absolute Gasteiger partial charge is 0.494 e. The zero-order valence-electron chi connectivity index (χ0n) is 19.0. The molecular formula is C24H31N3O5. The zero-order valence-corrected chi connectivity index (χ0v) is 19.0. The summed E-state index contributed by atoms with van der Waals surface area (Å²) < 4.78 is 10.5. The molecule has 2 aromatic rings. The number of hydrogen-bond acceptors (Lipinski definition) is 5. The summed E-state index contributed by atoms with van der Waals surface area (Å²) in [4.78, 5) is 36.4. The number of carbonyl (C=O) groups excluding carboxylic acids is 3. The molecule has 0 heterocycles. The highest BCUT2D eigenvalue weighted by Crippen LogP contribution is 2.16. The van der Waals surface area contributed by atoms with Crippen molar-refractivity contribution in [1.82, 2.24) is 10.6 Å². The lowest BCUT2D eigenvalue weighted by atomic mass is 10.1. The summed E-state index contributed by atoms with van der Waals surface area (Å²) in [5.74, 6) is 0.223. The van der Waals surface area contributed by atoms with Gasteiger partial charge in [0.2, 0.25) is 5.91 Å². The highest BCUT2D eigenvalue weighted by atomic mass is 16.6. The lowest BCUT2D eigenvalue weighted by Gasteiger charge is -2.19. The number of nitrogens with one attached hydrogen (secondary N) is 3. The Morgan fingerprint density at radius 1 is 0.938 bits per heavy atom. The van der Waals surface area contributed by atoms with E-state index in [1.807, 2.05) is 19.1 Å². The fourth-order valence-corrected chi connectivity index (χ4v) is 2.75. The van der Waals surface area contributed by atoms with Gasteiger partial charge >= 0.3 is 6.09 Å². The number of anilines is 1. The molecule has 0 saturated carbocycles. The molecule has 3 N–H and O–H groups in total. The lowest BCUT2D eigenvalue weighted by molar-refractivity contribution is -0.116. The number of hydrogen-bond donors (Lipinski definition) is 3. The van der Waals surface area contributed by atoms with E-state index in [-0.39, 0.29) is 31.3 Å². The summed E-state index contributed by atoms with van der Waals surface area (Å²) in [5.41, 5.74) is 1.28. The predicted octanol–water partition coefficient (Wildman–Crippen LogP) is 3.87. The number of carbonyl (C=O) groups is 3. The summed E-state index contributed by atoms with van der Waals surface area (Å²) in [6, 6.07) is 14.1. The Kier molecular flexibility index (Phi) is 9.07. The minimum atomic E-state index is -0.596. The number of para-hydroxylation sites is 1. The zero-order chi connectivity index (χ0) is 23.6. The predicted molar refractivity (Wildman–Crippen MR) is 123 cm³/mol. The Morgan fingerprint density at radius 2 is 1.62 bits per heavy atom. The van der Waals surface area contributed by atoms with Crippen LogP contribution in [-0.2, 0) is 16.1 Å². The second-order valence-electron chi connectivity index (χ2n) is 8.02. The molecule has 0 aromatic heterocycles. The molecule has 3 amide bonds. The van der Waals surface area contributed by atoms with Crippen molar-refractivity contribution in [2.75, 3.05) is 18.5 Å². The van der Waals surface area contributed by atoms with E-state index in [9.17, 15) is 14.4 Å². The van der Waals surface area contributed by atoms with Crippen molar-refractivity contribution >= 4 is 23.6 Å². The van der Waals surface area contributed by atoms with Crippen molar-refractivity contribution in [3.8, 4) is 5.75 Å².